The highest BCUT2D eigenvalue weighted by atomic mass is 16.5. The summed E-state index contributed by atoms with van der Waals surface area (Å²) in [5.74, 6) is -0.709. The minimum Gasteiger partial charge on any atom is -0.460 e. The van der Waals surface area contributed by atoms with Gasteiger partial charge in [0.05, 0.1) is 12.3 Å². The third kappa shape index (κ3) is 4.26. The number of anilines is 1. The van der Waals surface area contributed by atoms with Gasteiger partial charge in [-0.05, 0) is 25.5 Å². The fourth-order valence-electron chi connectivity index (χ4n) is 1.13. The molecule has 1 aromatic carbocycles. The van der Waals surface area contributed by atoms with Crippen molar-refractivity contribution < 1.29 is 9.53 Å². The van der Waals surface area contributed by atoms with Gasteiger partial charge in [0, 0.05) is 0 Å². The van der Waals surface area contributed by atoms with Crippen molar-refractivity contribution in [1.82, 2.24) is 0 Å². The Morgan fingerprint density at radius 3 is 2.67 bits per heavy atom. The molecule has 0 spiro atoms. The van der Waals surface area contributed by atoms with Gasteiger partial charge in [-0.1, -0.05) is 24.6 Å². The van der Waals surface area contributed by atoms with Gasteiger partial charge in [0.2, 0.25) is 5.71 Å². The summed E-state index contributed by atoms with van der Waals surface area (Å²) >= 11 is 0. The maximum atomic E-state index is 11.4. The Morgan fingerprint density at radius 1 is 1.44 bits per heavy atom. The van der Waals surface area contributed by atoms with Crippen molar-refractivity contribution in [1.29, 1.82) is 5.26 Å². The first kappa shape index (κ1) is 13.7. The van der Waals surface area contributed by atoms with Crippen LogP contribution in [0, 0.1) is 18.3 Å². The third-order valence-electron chi connectivity index (χ3n) is 2.08. The number of hydrogen-bond acceptors (Lipinski definition) is 5. The Bertz CT molecular complexity index is 472. The standard InChI is InChI=1S/C13H15N3O2/c1-3-8-18-13(17)12(9-14)16-15-11-6-4-10(2)5-7-11/h4-7,15H,3,8H2,1-2H3/b16-12+. The van der Waals surface area contributed by atoms with Crippen molar-refractivity contribution in [3.05, 3.63) is 29.8 Å². The van der Waals surface area contributed by atoms with E-state index in [1.807, 2.05) is 38.1 Å². The van der Waals surface area contributed by atoms with Gasteiger partial charge in [-0.15, -0.1) is 0 Å². The number of hydrazone groups is 1. The summed E-state index contributed by atoms with van der Waals surface area (Å²) in [6, 6.07) is 9.13. The summed E-state index contributed by atoms with van der Waals surface area (Å²) in [6.45, 7) is 4.13. The Morgan fingerprint density at radius 2 is 2.11 bits per heavy atom. The third-order valence-corrected chi connectivity index (χ3v) is 2.08. The smallest absolute Gasteiger partial charge is 0.369 e. The number of carbonyl (C=O) groups excluding carboxylic acids is 1. The Balaban J connectivity index is 2.66. The topological polar surface area (TPSA) is 74.5 Å². The maximum absolute atomic E-state index is 11.4. The number of rotatable bonds is 5. The first-order chi connectivity index (χ1) is 8.67. The molecule has 0 radical (unpaired) electrons. The van der Waals surface area contributed by atoms with Gasteiger partial charge in [0.15, 0.2) is 0 Å². The lowest BCUT2D eigenvalue weighted by Gasteiger charge is -2.02. The van der Waals surface area contributed by atoms with E-state index in [0.717, 1.165) is 5.56 Å². The van der Waals surface area contributed by atoms with E-state index in [1.165, 1.54) is 0 Å². The lowest BCUT2D eigenvalue weighted by atomic mass is 10.2. The molecule has 0 aliphatic rings. The van der Waals surface area contributed by atoms with Crippen LogP contribution in [0.25, 0.3) is 0 Å². The van der Waals surface area contributed by atoms with E-state index in [0.29, 0.717) is 12.1 Å². The zero-order chi connectivity index (χ0) is 13.4. The van der Waals surface area contributed by atoms with Crippen molar-refractivity contribution in [2.75, 3.05) is 12.0 Å². The molecule has 0 atom stereocenters. The van der Waals surface area contributed by atoms with Gasteiger partial charge >= 0.3 is 5.97 Å². The predicted octanol–water partition coefficient (Wildman–Crippen LogP) is 2.24. The van der Waals surface area contributed by atoms with Crippen molar-refractivity contribution >= 4 is 17.4 Å². The molecule has 1 N–H and O–H groups in total. The summed E-state index contributed by atoms with van der Waals surface area (Å²) in [6.07, 6.45) is 0.704. The molecule has 1 aromatic rings. The highest BCUT2D eigenvalue weighted by Gasteiger charge is 2.11. The second kappa shape index (κ2) is 7.07. The molecule has 0 saturated carbocycles. The molecule has 18 heavy (non-hydrogen) atoms. The summed E-state index contributed by atoms with van der Waals surface area (Å²) in [5, 5.41) is 12.5. The second-order valence-electron chi connectivity index (χ2n) is 3.69. The molecule has 0 bridgehead atoms. The van der Waals surface area contributed by atoms with E-state index in [2.05, 4.69) is 10.5 Å². The number of nitrogens with zero attached hydrogens (tertiary/aromatic N) is 2. The van der Waals surface area contributed by atoms with E-state index >= 15 is 0 Å². The fourth-order valence-corrected chi connectivity index (χ4v) is 1.13. The first-order valence-electron chi connectivity index (χ1n) is 5.65. The Kier molecular flexibility index (Phi) is 5.39. The van der Waals surface area contributed by atoms with E-state index in [4.69, 9.17) is 10.00 Å². The average Bonchev–Trinajstić information content (AvgIpc) is 2.39. The van der Waals surface area contributed by atoms with Crippen LogP contribution in [0.2, 0.25) is 0 Å². The fraction of sp³-hybridized carbons (Fsp3) is 0.308. The number of hydrogen-bond donors (Lipinski definition) is 1. The van der Waals surface area contributed by atoms with Gasteiger partial charge in [-0.3, -0.25) is 5.43 Å². The van der Waals surface area contributed by atoms with Crippen LogP contribution >= 0.6 is 0 Å². The SMILES string of the molecule is CCCOC(=O)/C(C#N)=N/Nc1ccc(C)cc1. The lowest BCUT2D eigenvalue weighted by molar-refractivity contribution is -0.135. The molecule has 5 nitrogen and oxygen atoms in total. The van der Waals surface area contributed by atoms with E-state index < -0.39 is 5.97 Å². The zero-order valence-corrected chi connectivity index (χ0v) is 10.4. The molecular formula is C13H15N3O2. The van der Waals surface area contributed by atoms with Gasteiger partial charge in [-0.2, -0.15) is 10.4 Å². The molecule has 1 rings (SSSR count). The normalized spacial score (nSPS) is 10.6. The average molecular weight is 245 g/mol. The number of nitrogens with one attached hydrogen (secondary N) is 1. The molecule has 0 fully saturated rings. The molecule has 0 amide bonds. The van der Waals surface area contributed by atoms with Crippen LogP contribution in [0.4, 0.5) is 5.69 Å². The van der Waals surface area contributed by atoms with E-state index in [-0.39, 0.29) is 12.3 Å². The number of aryl methyl sites for hydroxylation is 1. The number of carbonyl (C=O) groups is 1. The van der Waals surface area contributed by atoms with Crippen LogP contribution < -0.4 is 5.43 Å². The summed E-state index contributed by atoms with van der Waals surface area (Å²) in [7, 11) is 0. The van der Waals surface area contributed by atoms with Crippen LogP contribution in [0.3, 0.4) is 0 Å². The van der Waals surface area contributed by atoms with E-state index in [1.54, 1.807) is 6.07 Å². The minimum atomic E-state index is -0.709. The van der Waals surface area contributed by atoms with Crippen LogP contribution in [-0.4, -0.2) is 18.3 Å². The number of benzene rings is 1. The lowest BCUT2D eigenvalue weighted by Crippen LogP contribution is -2.17. The molecule has 0 saturated heterocycles. The Hall–Kier alpha value is -2.35. The van der Waals surface area contributed by atoms with Crippen molar-refractivity contribution in [3.63, 3.8) is 0 Å². The quantitative estimate of drug-likeness (QED) is 0.490. The summed E-state index contributed by atoms with van der Waals surface area (Å²) < 4.78 is 4.82. The molecule has 0 aromatic heterocycles. The monoisotopic (exact) mass is 245 g/mol. The van der Waals surface area contributed by atoms with Crippen LogP contribution in [0.15, 0.2) is 29.4 Å². The van der Waals surface area contributed by atoms with Crippen molar-refractivity contribution in [2.24, 2.45) is 5.10 Å². The first-order valence-corrected chi connectivity index (χ1v) is 5.65. The van der Waals surface area contributed by atoms with Crippen LogP contribution in [0.1, 0.15) is 18.9 Å². The predicted molar refractivity (Wildman–Crippen MR) is 69.1 cm³/mol. The highest BCUT2D eigenvalue weighted by molar-refractivity contribution is 6.43. The van der Waals surface area contributed by atoms with Gasteiger partial charge in [-0.25, -0.2) is 4.79 Å². The molecule has 0 aliphatic heterocycles. The molecule has 0 unspecified atom stereocenters. The van der Waals surface area contributed by atoms with Crippen LogP contribution in [-0.2, 0) is 9.53 Å². The van der Waals surface area contributed by atoms with Crippen molar-refractivity contribution in [3.8, 4) is 6.07 Å². The summed E-state index contributed by atoms with van der Waals surface area (Å²) in [4.78, 5) is 11.4. The largest absolute Gasteiger partial charge is 0.460 e. The molecule has 0 heterocycles. The second-order valence-corrected chi connectivity index (χ2v) is 3.69. The van der Waals surface area contributed by atoms with Gasteiger partial charge < -0.3 is 4.74 Å². The summed E-state index contributed by atoms with van der Waals surface area (Å²) in [5.41, 5.74) is 4.18. The minimum absolute atomic E-state index is 0.282. The molecule has 5 heteroatoms. The maximum Gasteiger partial charge on any atom is 0.369 e. The van der Waals surface area contributed by atoms with Crippen LogP contribution in [0.5, 0.6) is 0 Å². The number of ether oxygens (including phenoxy) is 1. The highest BCUT2D eigenvalue weighted by Crippen LogP contribution is 2.08. The van der Waals surface area contributed by atoms with Gasteiger partial charge in [0.1, 0.15) is 6.07 Å². The zero-order valence-electron chi connectivity index (χ0n) is 10.4. The Labute approximate surface area is 106 Å². The van der Waals surface area contributed by atoms with Gasteiger partial charge in [0.25, 0.3) is 0 Å². The van der Waals surface area contributed by atoms with E-state index in [9.17, 15) is 4.79 Å². The van der Waals surface area contributed by atoms with Crippen molar-refractivity contribution in [2.45, 2.75) is 20.3 Å². The number of nitriles is 1. The number of esters is 1. The molecular weight excluding hydrogens is 230 g/mol. The molecule has 0 aliphatic carbocycles. The molecule has 94 valence electrons.